The second kappa shape index (κ2) is 7.05. The Kier molecular flexibility index (Phi) is 4.57. The highest BCUT2D eigenvalue weighted by Crippen LogP contribution is 2.33. The first-order valence-electron chi connectivity index (χ1n) is 8.80. The van der Waals surface area contributed by atoms with Crippen LogP contribution in [0, 0.1) is 13.8 Å². The van der Waals surface area contributed by atoms with Crippen LogP contribution in [0.15, 0.2) is 59.0 Å². The summed E-state index contributed by atoms with van der Waals surface area (Å²) in [5.41, 5.74) is 5.03. The van der Waals surface area contributed by atoms with Gasteiger partial charge in [-0.05, 0) is 42.7 Å². The van der Waals surface area contributed by atoms with Gasteiger partial charge in [-0.25, -0.2) is 9.78 Å². The van der Waals surface area contributed by atoms with E-state index in [0.29, 0.717) is 10.2 Å². The number of carboxylic acids is 1. The highest BCUT2D eigenvalue weighted by atomic mass is 32.1. The second-order valence-electron chi connectivity index (χ2n) is 6.83. The number of rotatable bonds is 4. The van der Waals surface area contributed by atoms with E-state index in [1.54, 1.807) is 12.1 Å². The average molecular weight is 390 g/mol. The first-order valence-corrected chi connectivity index (χ1v) is 9.68. The molecule has 0 saturated heterocycles. The number of fused-ring (bicyclic) bond motifs is 1. The van der Waals surface area contributed by atoms with Crippen LogP contribution in [0.3, 0.4) is 0 Å². The van der Waals surface area contributed by atoms with Crippen molar-refractivity contribution in [2.75, 3.05) is 0 Å². The number of aromatic carboxylic acids is 1. The Labute approximate surface area is 165 Å². The number of hydrogen-bond donors (Lipinski definition) is 1. The van der Waals surface area contributed by atoms with Crippen molar-refractivity contribution >= 4 is 27.5 Å². The molecular formula is C22H18N2O3S. The van der Waals surface area contributed by atoms with Gasteiger partial charge in [-0.15, -0.1) is 11.3 Å². The molecule has 0 aliphatic carbocycles. The third-order valence-electron chi connectivity index (χ3n) is 4.76. The molecule has 1 N–H and O–H groups in total. The fraction of sp³-hybridized carbons (Fsp3) is 0.136. The van der Waals surface area contributed by atoms with Crippen LogP contribution in [0.2, 0.25) is 0 Å². The SMILES string of the molecule is Cc1ccc(-c2csc3ncn(Cc4cccc(C(=O)O)c4)c(=O)c23)c(C)c1. The van der Waals surface area contributed by atoms with E-state index < -0.39 is 5.97 Å². The third kappa shape index (κ3) is 3.23. The van der Waals surface area contributed by atoms with Crippen molar-refractivity contribution in [3.63, 3.8) is 0 Å². The zero-order valence-electron chi connectivity index (χ0n) is 15.5. The van der Waals surface area contributed by atoms with Crippen molar-refractivity contribution < 1.29 is 9.90 Å². The van der Waals surface area contributed by atoms with Crippen molar-refractivity contribution in [2.45, 2.75) is 20.4 Å². The largest absolute Gasteiger partial charge is 0.478 e. The van der Waals surface area contributed by atoms with Gasteiger partial charge in [-0.1, -0.05) is 35.9 Å². The van der Waals surface area contributed by atoms with Crippen molar-refractivity contribution in [1.82, 2.24) is 9.55 Å². The van der Waals surface area contributed by atoms with Crippen LogP contribution in [0.1, 0.15) is 27.0 Å². The lowest BCUT2D eigenvalue weighted by molar-refractivity contribution is 0.0696. The highest BCUT2D eigenvalue weighted by Gasteiger charge is 2.15. The normalized spacial score (nSPS) is 11.1. The third-order valence-corrected chi connectivity index (χ3v) is 5.65. The lowest BCUT2D eigenvalue weighted by atomic mass is 9.99. The Bertz CT molecular complexity index is 1270. The van der Waals surface area contributed by atoms with Gasteiger partial charge in [-0.2, -0.15) is 0 Å². The minimum Gasteiger partial charge on any atom is -0.478 e. The Morgan fingerprint density at radius 1 is 1.14 bits per heavy atom. The molecule has 2 aromatic heterocycles. The summed E-state index contributed by atoms with van der Waals surface area (Å²) in [4.78, 5) is 29.5. The number of aromatic nitrogens is 2. The van der Waals surface area contributed by atoms with E-state index in [2.05, 4.69) is 11.1 Å². The summed E-state index contributed by atoms with van der Waals surface area (Å²) in [5.74, 6) is -0.988. The van der Waals surface area contributed by atoms with Gasteiger partial charge < -0.3 is 5.11 Å². The summed E-state index contributed by atoms with van der Waals surface area (Å²) in [6, 6.07) is 12.8. The molecule has 6 heteroatoms. The predicted octanol–water partition coefficient (Wildman–Crippen LogP) is 4.49. The zero-order valence-corrected chi connectivity index (χ0v) is 16.3. The van der Waals surface area contributed by atoms with Crippen molar-refractivity contribution in [3.8, 4) is 11.1 Å². The first-order chi connectivity index (χ1) is 13.4. The summed E-state index contributed by atoms with van der Waals surface area (Å²) in [6.45, 7) is 4.35. The van der Waals surface area contributed by atoms with Gasteiger partial charge >= 0.3 is 5.97 Å². The van der Waals surface area contributed by atoms with E-state index in [1.165, 1.54) is 33.9 Å². The summed E-state index contributed by atoms with van der Waals surface area (Å²) in [5, 5.41) is 11.8. The van der Waals surface area contributed by atoms with Gasteiger partial charge in [0.15, 0.2) is 0 Å². The van der Waals surface area contributed by atoms with Gasteiger partial charge in [0.1, 0.15) is 4.83 Å². The van der Waals surface area contributed by atoms with E-state index in [1.807, 2.05) is 37.4 Å². The molecule has 2 heterocycles. The van der Waals surface area contributed by atoms with Gasteiger partial charge in [0.25, 0.3) is 5.56 Å². The molecule has 28 heavy (non-hydrogen) atoms. The minimum absolute atomic E-state index is 0.123. The molecule has 2 aromatic carbocycles. The first kappa shape index (κ1) is 18.1. The van der Waals surface area contributed by atoms with Crippen LogP contribution in [0.25, 0.3) is 21.3 Å². The number of benzene rings is 2. The van der Waals surface area contributed by atoms with E-state index >= 15 is 0 Å². The van der Waals surface area contributed by atoms with E-state index in [9.17, 15) is 14.7 Å². The zero-order chi connectivity index (χ0) is 19.8. The molecule has 0 spiro atoms. The number of thiophene rings is 1. The van der Waals surface area contributed by atoms with Crippen molar-refractivity contribution in [2.24, 2.45) is 0 Å². The van der Waals surface area contributed by atoms with Crippen LogP contribution in [0.5, 0.6) is 0 Å². The fourth-order valence-electron chi connectivity index (χ4n) is 3.39. The summed E-state index contributed by atoms with van der Waals surface area (Å²) >= 11 is 1.46. The summed E-state index contributed by atoms with van der Waals surface area (Å²) in [7, 11) is 0. The number of carbonyl (C=O) groups is 1. The topological polar surface area (TPSA) is 72.2 Å². The summed E-state index contributed by atoms with van der Waals surface area (Å²) < 4.78 is 1.53. The van der Waals surface area contributed by atoms with Gasteiger partial charge in [0, 0.05) is 10.9 Å². The maximum absolute atomic E-state index is 13.2. The molecule has 0 aliphatic heterocycles. The maximum atomic E-state index is 13.2. The molecule has 0 amide bonds. The molecule has 4 rings (SSSR count). The monoisotopic (exact) mass is 390 g/mol. The molecule has 0 fully saturated rings. The van der Waals surface area contributed by atoms with Gasteiger partial charge in [0.05, 0.1) is 23.8 Å². The van der Waals surface area contributed by atoms with Gasteiger partial charge in [-0.3, -0.25) is 9.36 Å². The average Bonchev–Trinajstić information content (AvgIpc) is 3.09. The van der Waals surface area contributed by atoms with E-state index in [4.69, 9.17) is 0 Å². The Morgan fingerprint density at radius 2 is 1.96 bits per heavy atom. The Balaban J connectivity index is 1.82. The quantitative estimate of drug-likeness (QED) is 0.557. The van der Waals surface area contributed by atoms with Crippen LogP contribution >= 0.6 is 11.3 Å². The smallest absolute Gasteiger partial charge is 0.335 e. The molecule has 0 radical (unpaired) electrons. The second-order valence-corrected chi connectivity index (χ2v) is 7.69. The van der Waals surface area contributed by atoms with Crippen LogP contribution in [-0.2, 0) is 6.54 Å². The molecule has 140 valence electrons. The molecule has 0 aliphatic rings. The number of aryl methyl sites for hydroxylation is 2. The Morgan fingerprint density at radius 3 is 2.71 bits per heavy atom. The molecule has 0 saturated carbocycles. The van der Waals surface area contributed by atoms with Crippen LogP contribution in [0.4, 0.5) is 0 Å². The molecule has 0 unspecified atom stereocenters. The number of hydrogen-bond acceptors (Lipinski definition) is 4. The van der Waals surface area contributed by atoms with Crippen molar-refractivity contribution in [1.29, 1.82) is 0 Å². The lowest BCUT2D eigenvalue weighted by Gasteiger charge is -2.09. The number of carboxylic acid groups (broad SMARTS) is 1. The molecule has 0 bridgehead atoms. The molecule has 0 atom stereocenters. The van der Waals surface area contributed by atoms with E-state index in [-0.39, 0.29) is 17.7 Å². The van der Waals surface area contributed by atoms with E-state index in [0.717, 1.165) is 22.3 Å². The molecular weight excluding hydrogens is 372 g/mol. The molecule has 5 nitrogen and oxygen atoms in total. The molecule has 4 aromatic rings. The van der Waals surface area contributed by atoms with Gasteiger partial charge in [0.2, 0.25) is 0 Å². The predicted molar refractivity (Wildman–Crippen MR) is 111 cm³/mol. The van der Waals surface area contributed by atoms with Crippen molar-refractivity contribution in [3.05, 3.63) is 86.8 Å². The van der Waals surface area contributed by atoms with Crippen LogP contribution < -0.4 is 5.56 Å². The highest BCUT2D eigenvalue weighted by molar-refractivity contribution is 7.17. The maximum Gasteiger partial charge on any atom is 0.335 e. The minimum atomic E-state index is -0.988. The van der Waals surface area contributed by atoms with Crippen LogP contribution in [-0.4, -0.2) is 20.6 Å². The fourth-order valence-corrected chi connectivity index (χ4v) is 4.29. The lowest BCUT2D eigenvalue weighted by Crippen LogP contribution is -2.21. The Hall–Kier alpha value is -3.25. The standard InChI is InChI=1S/C22H18N2O3S/c1-13-6-7-17(14(2)8-13)18-11-28-20-19(18)21(25)24(12-23-20)10-15-4-3-5-16(9-15)22(26)27/h3-9,11-12H,10H2,1-2H3,(H,26,27). The number of nitrogens with zero attached hydrogens (tertiary/aromatic N) is 2. The summed E-state index contributed by atoms with van der Waals surface area (Å²) in [6.07, 6.45) is 1.53.